The zero-order valence-electron chi connectivity index (χ0n) is 19.7. The van der Waals surface area contributed by atoms with Gasteiger partial charge in [0.1, 0.15) is 5.60 Å². The molecular weight excluding hydrogens is 414 g/mol. The summed E-state index contributed by atoms with van der Waals surface area (Å²) in [6, 6.07) is 0. The summed E-state index contributed by atoms with van der Waals surface area (Å²) >= 11 is 0. The summed E-state index contributed by atoms with van der Waals surface area (Å²) in [4.78, 5) is 26.2. The molecule has 3 fully saturated rings. The maximum atomic E-state index is 13.7. The molecule has 0 unspecified atom stereocenters. The number of ketones is 1. The van der Waals surface area contributed by atoms with Crippen molar-refractivity contribution in [2.75, 3.05) is 6.54 Å². The minimum Gasteiger partial charge on any atom is -0.440 e. The molecule has 2 aliphatic carbocycles. The SMILES string of the molecule is C=CCNC(=O)O[C@H]1[C@@H](O)[C@H]2C(C)(C)CC[C@H](O)[C@]2(C)[C@@]2(O)C(=O)C[C@](C)(C=C)O[C@]12C. The Labute approximate surface area is 189 Å². The van der Waals surface area contributed by atoms with Crippen molar-refractivity contribution in [1.82, 2.24) is 5.32 Å². The Hall–Kier alpha value is -1.74. The number of carbonyl (C=O) groups is 2. The summed E-state index contributed by atoms with van der Waals surface area (Å²) < 4.78 is 12.0. The van der Waals surface area contributed by atoms with Gasteiger partial charge in [0.25, 0.3) is 0 Å². The molecule has 0 bridgehead atoms. The van der Waals surface area contributed by atoms with Crippen LogP contribution in [-0.4, -0.2) is 68.9 Å². The molecule has 3 aliphatic rings. The average molecular weight is 452 g/mol. The second-order valence-electron chi connectivity index (χ2n) is 10.8. The van der Waals surface area contributed by atoms with Crippen LogP contribution < -0.4 is 5.32 Å². The lowest BCUT2D eigenvalue weighted by Gasteiger charge is -2.71. The van der Waals surface area contributed by atoms with Crippen LogP contribution in [0.25, 0.3) is 0 Å². The van der Waals surface area contributed by atoms with E-state index in [0.29, 0.717) is 12.8 Å². The zero-order valence-corrected chi connectivity index (χ0v) is 19.7. The summed E-state index contributed by atoms with van der Waals surface area (Å²) in [7, 11) is 0. The van der Waals surface area contributed by atoms with Crippen molar-refractivity contribution in [3.63, 3.8) is 0 Å². The van der Waals surface area contributed by atoms with E-state index in [0.717, 1.165) is 0 Å². The highest BCUT2D eigenvalue weighted by Crippen LogP contribution is 2.66. The van der Waals surface area contributed by atoms with Gasteiger partial charge in [-0.05, 0) is 32.1 Å². The Morgan fingerprint density at radius 1 is 1.25 bits per heavy atom. The first kappa shape index (κ1) is 24.9. The van der Waals surface area contributed by atoms with Crippen molar-refractivity contribution in [1.29, 1.82) is 0 Å². The number of aliphatic hydroxyl groups is 3. The first-order valence-electron chi connectivity index (χ1n) is 11.2. The van der Waals surface area contributed by atoms with Gasteiger partial charge in [-0.25, -0.2) is 4.79 Å². The van der Waals surface area contributed by atoms with Gasteiger partial charge in [-0.2, -0.15) is 0 Å². The molecule has 8 atom stereocenters. The fourth-order valence-corrected chi connectivity index (χ4v) is 6.79. The normalized spacial score (nSPS) is 47.6. The minimum absolute atomic E-state index is 0.137. The van der Waals surface area contributed by atoms with Gasteiger partial charge >= 0.3 is 6.09 Å². The lowest BCUT2D eigenvalue weighted by Crippen LogP contribution is -2.86. The van der Waals surface area contributed by atoms with Crippen LogP contribution in [0.1, 0.15) is 53.9 Å². The highest BCUT2D eigenvalue weighted by atomic mass is 16.6. The summed E-state index contributed by atoms with van der Waals surface area (Å²) in [6.45, 7) is 16.1. The minimum atomic E-state index is -2.23. The molecule has 3 rings (SSSR count). The number of amides is 1. The number of fused-ring (bicyclic) bond motifs is 3. The smallest absolute Gasteiger partial charge is 0.407 e. The topological polar surface area (TPSA) is 125 Å². The van der Waals surface area contributed by atoms with Crippen LogP contribution in [0.5, 0.6) is 0 Å². The molecule has 0 aromatic carbocycles. The van der Waals surface area contributed by atoms with Crippen molar-refractivity contribution in [2.24, 2.45) is 16.7 Å². The molecule has 0 spiro atoms. The molecule has 8 nitrogen and oxygen atoms in total. The van der Waals surface area contributed by atoms with Crippen LogP contribution in [-0.2, 0) is 14.3 Å². The standard InChI is InChI=1S/C24H37NO7/c1-8-12-25-19(29)31-18-16(28)17-20(3,4)11-10-14(26)22(17,6)24(30)15(27)13-21(5,9-2)32-23(18,24)7/h8-9,14,16-18,26,28,30H,1-2,10-13H2,3-7H3,(H,25,29)/t14-,16-,17-,18-,21-,22-,23+,24-/m0/s1. The molecule has 180 valence electrons. The van der Waals surface area contributed by atoms with Crippen molar-refractivity contribution in [3.8, 4) is 0 Å². The number of carbonyl (C=O) groups excluding carboxylic acids is 2. The van der Waals surface area contributed by atoms with Crippen LogP contribution in [0.3, 0.4) is 0 Å². The van der Waals surface area contributed by atoms with Crippen LogP contribution in [0.4, 0.5) is 4.79 Å². The maximum absolute atomic E-state index is 13.7. The fraction of sp³-hybridized carbons (Fsp3) is 0.750. The van der Waals surface area contributed by atoms with Crippen molar-refractivity contribution in [2.45, 2.75) is 89.0 Å². The first-order valence-corrected chi connectivity index (χ1v) is 11.2. The van der Waals surface area contributed by atoms with Gasteiger partial charge in [0.05, 0.1) is 17.8 Å². The molecule has 1 saturated heterocycles. The van der Waals surface area contributed by atoms with Crippen molar-refractivity contribution < 1.29 is 34.4 Å². The quantitative estimate of drug-likeness (QED) is 0.481. The number of ether oxygens (including phenoxy) is 2. The molecule has 1 aliphatic heterocycles. The van der Waals surface area contributed by atoms with E-state index < -0.39 is 63.7 Å². The third-order valence-corrected chi connectivity index (χ3v) is 8.35. The molecular formula is C24H37NO7. The predicted octanol–water partition coefficient (Wildman–Crippen LogP) is 1.87. The molecule has 2 saturated carbocycles. The summed E-state index contributed by atoms with van der Waals surface area (Å²) in [6.07, 6.45) is -0.920. The van der Waals surface area contributed by atoms with E-state index in [1.807, 2.05) is 13.8 Å². The number of Topliss-reactive ketones (excluding diaryl/α,β-unsaturated/α-hetero) is 1. The molecule has 32 heavy (non-hydrogen) atoms. The van der Waals surface area contributed by atoms with E-state index in [2.05, 4.69) is 18.5 Å². The number of rotatable bonds is 4. The largest absolute Gasteiger partial charge is 0.440 e. The molecule has 0 aromatic heterocycles. The molecule has 1 amide bonds. The Morgan fingerprint density at radius 2 is 1.88 bits per heavy atom. The highest BCUT2D eigenvalue weighted by Gasteiger charge is 2.81. The molecule has 0 aromatic rings. The highest BCUT2D eigenvalue weighted by molar-refractivity contribution is 5.92. The van der Waals surface area contributed by atoms with Crippen LogP contribution in [0.2, 0.25) is 0 Å². The van der Waals surface area contributed by atoms with Gasteiger partial charge in [0, 0.05) is 24.3 Å². The third-order valence-electron chi connectivity index (χ3n) is 8.35. The monoisotopic (exact) mass is 451 g/mol. The summed E-state index contributed by atoms with van der Waals surface area (Å²) in [5.74, 6) is -1.29. The first-order chi connectivity index (χ1) is 14.6. The number of hydrogen-bond donors (Lipinski definition) is 4. The average Bonchev–Trinajstić information content (AvgIpc) is 2.70. The van der Waals surface area contributed by atoms with Gasteiger partial charge < -0.3 is 30.1 Å². The molecule has 0 radical (unpaired) electrons. The van der Waals surface area contributed by atoms with Gasteiger partial charge in [-0.3, -0.25) is 4.79 Å². The van der Waals surface area contributed by atoms with Gasteiger partial charge in [0.2, 0.25) is 0 Å². The van der Waals surface area contributed by atoms with Crippen molar-refractivity contribution in [3.05, 3.63) is 25.3 Å². The second-order valence-corrected chi connectivity index (χ2v) is 10.8. The Morgan fingerprint density at radius 3 is 2.44 bits per heavy atom. The van der Waals surface area contributed by atoms with Crippen LogP contribution in [0.15, 0.2) is 25.3 Å². The van der Waals surface area contributed by atoms with Gasteiger partial charge in [-0.15, -0.1) is 13.2 Å². The molecule has 8 heteroatoms. The Kier molecular flexibility index (Phi) is 5.95. The maximum Gasteiger partial charge on any atom is 0.407 e. The van der Waals surface area contributed by atoms with Crippen LogP contribution >= 0.6 is 0 Å². The Bertz CT molecular complexity index is 827. The van der Waals surface area contributed by atoms with E-state index in [1.54, 1.807) is 13.8 Å². The van der Waals surface area contributed by atoms with Gasteiger partial charge in [-0.1, -0.05) is 32.9 Å². The molecule has 4 N–H and O–H groups in total. The number of nitrogens with one attached hydrogen (secondary N) is 1. The van der Waals surface area contributed by atoms with Gasteiger partial charge in [0.15, 0.2) is 17.5 Å². The zero-order chi connectivity index (χ0) is 24.3. The predicted molar refractivity (Wildman–Crippen MR) is 118 cm³/mol. The lowest BCUT2D eigenvalue weighted by atomic mass is 9.40. The summed E-state index contributed by atoms with van der Waals surface area (Å²) in [5, 5.41) is 37.6. The number of alkyl carbamates (subject to hydrolysis) is 1. The fourth-order valence-electron chi connectivity index (χ4n) is 6.79. The van der Waals surface area contributed by atoms with E-state index >= 15 is 0 Å². The summed E-state index contributed by atoms with van der Waals surface area (Å²) in [5.41, 5.74) is -7.25. The number of hydrogen-bond acceptors (Lipinski definition) is 7. The van der Waals surface area contributed by atoms with Crippen LogP contribution in [0, 0.1) is 16.7 Å². The van der Waals surface area contributed by atoms with Crippen molar-refractivity contribution >= 4 is 11.9 Å². The van der Waals surface area contributed by atoms with E-state index in [-0.39, 0.29) is 13.0 Å². The third kappa shape index (κ3) is 3.10. The lowest BCUT2D eigenvalue weighted by molar-refractivity contribution is -0.369. The van der Waals surface area contributed by atoms with E-state index in [1.165, 1.54) is 19.1 Å². The van der Waals surface area contributed by atoms with E-state index in [9.17, 15) is 24.9 Å². The second kappa shape index (κ2) is 7.65. The molecule has 1 heterocycles. The number of aliphatic hydroxyl groups excluding tert-OH is 2. The Balaban J connectivity index is 2.24. The van der Waals surface area contributed by atoms with E-state index in [4.69, 9.17) is 9.47 Å².